The van der Waals surface area contributed by atoms with Gasteiger partial charge in [0.15, 0.2) is 0 Å². The zero-order valence-corrected chi connectivity index (χ0v) is 19.4. The molecule has 10 nitrogen and oxygen atoms in total. The summed E-state index contributed by atoms with van der Waals surface area (Å²) in [7, 11) is 4.18. The van der Waals surface area contributed by atoms with Gasteiger partial charge in [0.05, 0.1) is 33.0 Å². The Bertz CT molecular complexity index is 1330. The van der Waals surface area contributed by atoms with Crippen molar-refractivity contribution >= 4 is 22.8 Å². The summed E-state index contributed by atoms with van der Waals surface area (Å²) in [6.45, 7) is 0. The molecular weight excluding hydrogens is 452 g/mol. The van der Waals surface area contributed by atoms with E-state index < -0.39 is 17.9 Å². The van der Waals surface area contributed by atoms with Crippen LogP contribution in [0.4, 0.5) is 0 Å². The Kier molecular flexibility index (Phi) is 7.10. The molecule has 10 heteroatoms. The molecule has 2 aromatic carbocycles. The molecule has 2 aromatic heterocycles. The Morgan fingerprint density at radius 2 is 1.66 bits per heavy atom. The number of amides is 1. The number of aromatic amines is 1. The smallest absolute Gasteiger partial charge is 0.328 e. The van der Waals surface area contributed by atoms with Crippen LogP contribution >= 0.6 is 0 Å². The number of carbonyl (C=O) groups excluding carboxylic acids is 2. The van der Waals surface area contributed by atoms with Crippen LogP contribution in [0.25, 0.3) is 10.9 Å². The second-order valence-corrected chi connectivity index (χ2v) is 7.45. The van der Waals surface area contributed by atoms with Gasteiger partial charge in [-0.25, -0.2) is 4.79 Å². The van der Waals surface area contributed by atoms with Crippen LogP contribution in [-0.2, 0) is 16.0 Å². The van der Waals surface area contributed by atoms with Gasteiger partial charge in [-0.15, -0.1) is 0 Å². The number of fused-ring (bicyclic) bond motifs is 1. The summed E-state index contributed by atoms with van der Waals surface area (Å²) in [5, 5.41) is 3.72. The number of nitrogens with zero attached hydrogens (tertiary/aromatic N) is 2. The fourth-order valence-corrected chi connectivity index (χ4v) is 3.57. The van der Waals surface area contributed by atoms with Gasteiger partial charge < -0.3 is 29.2 Å². The molecular formula is C25H24N4O6. The molecule has 1 atom stereocenters. The van der Waals surface area contributed by atoms with E-state index in [1.807, 2.05) is 30.5 Å². The average Bonchev–Trinajstić information content (AvgIpc) is 3.30. The number of aromatic nitrogens is 3. The van der Waals surface area contributed by atoms with Crippen LogP contribution in [0.5, 0.6) is 23.5 Å². The maximum absolute atomic E-state index is 13.2. The van der Waals surface area contributed by atoms with Crippen molar-refractivity contribution in [1.29, 1.82) is 0 Å². The second kappa shape index (κ2) is 10.6. The molecule has 0 fully saturated rings. The first-order valence-electron chi connectivity index (χ1n) is 10.7. The lowest BCUT2D eigenvalue weighted by molar-refractivity contribution is -0.142. The molecule has 180 valence electrons. The number of H-pyrrole nitrogens is 1. The molecule has 2 heterocycles. The highest BCUT2D eigenvalue weighted by molar-refractivity contribution is 5.99. The van der Waals surface area contributed by atoms with Gasteiger partial charge in [-0.05, 0) is 23.8 Å². The third kappa shape index (κ3) is 5.32. The van der Waals surface area contributed by atoms with E-state index in [-0.39, 0.29) is 35.5 Å². The van der Waals surface area contributed by atoms with Crippen LogP contribution in [0.1, 0.15) is 15.9 Å². The molecule has 0 aliphatic rings. The zero-order valence-electron chi connectivity index (χ0n) is 19.4. The standard InChI is InChI=1S/C25H24N4O6/c1-32-21-13-22(33-2)29-25(28-21)35-20-11-7-5-9-17(20)23(30)27-19(24(31)34-3)12-15-14-26-18-10-6-4-8-16(15)18/h4-11,13-14,19,26H,12H2,1-3H3,(H,27,30). The lowest BCUT2D eigenvalue weighted by atomic mass is 10.0. The number of methoxy groups -OCH3 is 3. The van der Waals surface area contributed by atoms with Gasteiger partial charge in [0.1, 0.15) is 11.8 Å². The van der Waals surface area contributed by atoms with Crippen LogP contribution in [0, 0.1) is 0 Å². The van der Waals surface area contributed by atoms with Gasteiger partial charge in [-0.1, -0.05) is 30.3 Å². The van der Waals surface area contributed by atoms with E-state index in [2.05, 4.69) is 20.3 Å². The van der Waals surface area contributed by atoms with Gasteiger partial charge in [0.2, 0.25) is 11.8 Å². The highest BCUT2D eigenvalue weighted by Gasteiger charge is 2.25. The van der Waals surface area contributed by atoms with Crippen LogP contribution in [0.3, 0.4) is 0 Å². The van der Waals surface area contributed by atoms with E-state index in [0.29, 0.717) is 0 Å². The monoisotopic (exact) mass is 476 g/mol. The molecule has 0 saturated carbocycles. The Labute approximate surface area is 201 Å². The minimum absolute atomic E-state index is 0.0650. The second-order valence-electron chi connectivity index (χ2n) is 7.45. The number of hydrogen-bond acceptors (Lipinski definition) is 8. The molecule has 1 unspecified atom stereocenters. The average molecular weight is 476 g/mol. The highest BCUT2D eigenvalue weighted by Crippen LogP contribution is 2.27. The summed E-state index contributed by atoms with van der Waals surface area (Å²) < 4.78 is 21.0. The predicted octanol–water partition coefficient (Wildman–Crippen LogP) is 3.28. The van der Waals surface area contributed by atoms with Crippen molar-refractivity contribution in [3.8, 4) is 23.5 Å². The number of hydrogen-bond donors (Lipinski definition) is 2. The number of ether oxygens (including phenoxy) is 4. The molecule has 0 radical (unpaired) electrons. The van der Waals surface area contributed by atoms with E-state index in [1.54, 1.807) is 24.3 Å². The molecule has 0 saturated heterocycles. The lowest BCUT2D eigenvalue weighted by Gasteiger charge is -2.17. The minimum atomic E-state index is -0.923. The van der Waals surface area contributed by atoms with Gasteiger partial charge in [0.25, 0.3) is 5.91 Å². The van der Waals surface area contributed by atoms with Crippen molar-refractivity contribution < 1.29 is 28.5 Å². The number of esters is 1. The highest BCUT2D eigenvalue weighted by atomic mass is 16.5. The third-order valence-corrected chi connectivity index (χ3v) is 5.30. The number of carbonyl (C=O) groups is 2. The van der Waals surface area contributed by atoms with E-state index in [0.717, 1.165) is 16.5 Å². The van der Waals surface area contributed by atoms with Crippen molar-refractivity contribution in [2.45, 2.75) is 12.5 Å². The first kappa shape index (κ1) is 23.6. The Balaban J connectivity index is 1.58. The van der Waals surface area contributed by atoms with Crippen molar-refractivity contribution in [2.75, 3.05) is 21.3 Å². The fraction of sp³-hybridized carbons (Fsp3) is 0.200. The van der Waals surface area contributed by atoms with Crippen molar-refractivity contribution in [3.63, 3.8) is 0 Å². The zero-order chi connectivity index (χ0) is 24.8. The Morgan fingerprint density at radius 3 is 2.37 bits per heavy atom. The third-order valence-electron chi connectivity index (χ3n) is 5.30. The van der Waals surface area contributed by atoms with Gasteiger partial charge in [-0.3, -0.25) is 4.79 Å². The van der Waals surface area contributed by atoms with Crippen LogP contribution < -0.4 is 19.5 Å². The van der Waals surface area contributed by atoms with Crippen molar-refractivity contribution in [2.24, 2.45) is 0 Å². The van der Waals surface area contributed by atoms with Gasteiger partial charge >= 0.3 is 12.0 Å². The van der Waals surface area contributed by atoms with Crippen molar-refractivity contribution in [3.05, 3.63) is 71.9 Å². The van der Waals surface area contributed by atoms with Crippen LogP contribution in [0.15, 0.2) is 60.8 Å². The Morgan fingerprint density at radius 1 is 0.971 bits per heavy atom. The van der Waals surface area contributed by atoms with Crippen LogP contribution in [-0.4, -0.2) is 54.2 Å². The maximum atomic E-state index is 13.2. The molecule has 0 bridgehead atoms. The van der Waals surface area contributed by atoms with E-state index in [9.17, 15) is 9.59 Å². The predicted molar refractivity (Wildman–Crippen MR) is 127 cm³/mol. The minimum Gasteiger partial charge on any atom is -0.481 e. The molecule has 0 aliphatic carbocycles. The maximum Gasteiger partial charge on any atom is 0.328 e. The number of rotatable bonds is 9. The summed E-state index contributed by atoms with van der Waals surface area (Å²) >= 11 is 0. The first-order chi connectivity index (χ1) is 17.0. The molecule has 35 heavy (non-hydrogen) atoms. The number of nitrogens with one attached hydrogen (secondary N) is 2. The van der Waals surface area contributed by atoms with Crippen molar-refractivity contribution in [1.82, 2.24) is 20.3 Å². The quantitative estimate of drug-likeness (QED) is 0.353. The topological polar surface area (TPSA) is 125 Å². The van der Waals surface area contributed by atoms with E-state index in [4.69, 9.17) is 18.9 Å². The summed E-state index contributed by atoms with van der Waals surface area (Å²) in [5.41, 5.74) is 1.99. The molecule has 2 N–H and O–H groups in total. The molecule has 4 rings (SSSR count). The van der Waals surface area contributed by atoms with E-state index in [1.165, 1.54) is 27.4 Å². The largest absolute Gasteiger partial charge is 0.481 e. The first-order valence-corrected chi connectivity index (χ1v) is 10.7. The Hall–Kier alpha value is -4.60. The molecule has 4 aromatic rings. The summed E-state index contributed by atoms with van der Waals surface area (Å²) in [6, 6.07) is 14.8. The number of benzene rings is 2. The van der Waals surface area contributed by atoms with Crippen LogP contribution in [0.2, 0.25) is 0 Å². The number of para-hydroxylation sites is 2. The fourth-order valence-electron chi connectivity index (χ4n) is 3.57. The SMILES string of the molecule is COC(=O)C(Cc1c[nH]c2ccccc12)NC(=O)c1ccccc1Oc1nc(OC)cc(OC)n1. The summed E-state index contributed by atoms with van der Waals surface area (Å²) in [5.74, 6) is -0.429. The summed E-state index contributed by atoms with van der Waals surface area (Å²) in [6.07, 6.45) is 2.05. The summed E-state index contributed by atoms with van der Waals surface area (Å²) in [4.78, 5) is 37.2. The molecule has 0 spiro atoms. The molecule has 1 amide bonds. The van der Waals surface area contributed by atoms with E-state index >= 15 is 0 Å². The lowest BCUT2D eigenvalue weighted by Crippen LogP contribution is -2.43. The van der Waals surface area contributed by atoms with Gasteiger partial charge in [-0.2, -0.15) is 9.97 Å². The normalized spacial score (nSPS) is 11.5. The molecule has 0 aliphatic heterocycles. The van der Waals surface area contributed by atoms with Gasteiger partial charge in [0, 0.05) is 23.5 Å².